The molecular weight excluding hydrogens is 116 g/mol. The van der Waals surface area contributed by atoms with Crippen LogP contribution >= 0.6 is 0 Å². The second-order valence-corrected chi connectivity index (χ2v) is 1.62. The zero-order valence-electron chi connectivity index (χ0n) is 4.29. The summed E-state index contributed by atoms with van der Waals surface area (Å²) >= 11 is 0. The van der Waals surface area contributed by atoms with Crippen molar-refractivity contribution in [2.24, 2.45) is 0 Å². The summed E-state index contributed by atoms with van der Waals surface area (Å²) in [6.07, 6.45) is 0. The van der Waals surface area contributed by atoms with Crippen LogP contribution in [0.2, 0.25) is 0 Å². The van der Waals surface area contributed by atoms with E-state index < -0.39 is 0 Å². The van der Waals surface area contributed by atoms with Crippen molar-refractivity contribution in [3.05, 3.63) is 30.3 Å². The van der Waals surface area contributed by atoms with Crippen molar-refractivity contribution in [3.63, 3.8) is 0 Å². The highest BCUT2D eigenvalue weighted by Gasteiger charge is 1.80. The Morgan fingerprint density at radius 2 is 1.75 bits per heavy atom. The monoisotopic (exact) mass is 121 g/mol. The van der Waals surface area contributed by atoms with Crippen molar-refractivity contribution in [1.29, 1.82) is 0 Å². The number of hydrogen-bond donors (Lipinski definition) is 0. The van der Waals surface area contributed by atoms with Gasteiger partial charge in [-0.1, -0.05) is 18.2 Å². The molecule has 0 aliphatic rings. The van der Waals surface area contributed by atoms with E-state index >= 15 is 0 Å². The molecule has 1 nitrogen and oxygen atoms in total. The molecule has 0 amide bonds. The molecule has 0 saturated carbocycles. The second-order valence-electron chi connectivity index (χ2n) is 1.42. The van der Waals surface area contributed by atoms with Crippen molar-refractivity contribution in [2.75, 3.05) is 0 Å². The van der Waals surface area contributed by atoms with Crippen LogP contribution in [0.1, 0.15) is 0 Å². The molecule has 1 aromatic carbocycles. The van der Waals surface area contributed by atoms with Crippen LogP contribution in [0.4, 0.5) is 0 Å². The van der Waals surface area contributed by atoms with Crippen LogP contribution in [0.5, 0.6) is 5.75 Å². The molecule has 39 valence electrons. The van der Waals surface area contributed by atoms with Crippen LogP contribution in [0.15, 0.2) is 30.3 Å². The molecule has 0 fully saturated rings. The maximum atomic E-state index is 4.72. The van der Waals surface area contributed by atoms with E-state index in [1.807, 2.05) is 30.3 Å². The molecule has 2 heteroatoms. The fourth-order valence-electron chi connectivity index (χ4n) is 0.489. The molecule has 0 aliphatic carbocycles. The molecule has 0 aromatic heterocycles. The summed E-state index contributed by atoms with van der Waals surface area (Å²) in [7, 11) is 2.90. The van der Waals surface area contributed by atoms with Gasteiger partial charge in [0.2, 0.25) is 0 Å². The molecule has 3 radical (unpaired) electrons. The third-order valence-electron chi connectivity index (χ3n) is 0.861. The molecule has 1 aromatic rings. The summed E-state index contributed by atoms with van der Waals surface area (Å²) in [6.45, 7) is 0. The van der Waals surface area contributed by atoms with Crippen molar-refractivity contribution in [3.8, 4) is 5.75 Å². The van der Waals surface area contributed by atoms with Crippen molar-refractivity contribution in [1.82, 2.24) is 0 Å². The standard InChI is InChI=1S/C6H5OSi/c8-7-6-4-2-1-3-5-6/h1-5H. The van der Waals surface area contributed by atoms with E-state index in [-0.39, 0.29) is 0 Å². The minimum atomic E-state index is 0.823. The van der Waals surface area contributed by atoms with E-state index in [0.717, 1.165) is 5.75 Å². The van der Waals surface area contributed by atoms with Gasteiger partial charge in [0.15, 0.2) is 0 Å². The highest BCUT2D eigenvalue weighted by Crippen LogP contribution is 2.05. The maximum absolute atomic E-state index is 4.72. The fraction of sp³-hybridized carbons (Fsp3) is 0. The Labute approximate surface area is 51.8 Å². The van der Waals surface area contributed by atoms with Gasteiger partial charge < -0.3 is 4.43 Å². The molecular formula is C6H5OSi. The molecule has 0 atom stereocenters. The summed E-state index contributed by atoms with van der Waals surface area (Å²) in [6, 6.07) is 9.50. The predicted octanol–water partition coefficient (Wildman–Crippen LogP) is 1.15. The maximum Gasteiger partial charge on any atom is 0.341 e. The third kappa shape index (κ3) is 1.10. The largest absolute Gasteiger partial charge is 0.540 e. The average Bonchev–Trinajstić information content (AvgIpc) is 1.90. The third-order valence-corrected chi connectivity index (χ3v) is 1.10. The molecule has 0 saturated heterocycles. The minimum Gasteiger partial charge on any atom is -0.540 e. The normalized spacial score (nSPS) is 8.62. The first-order chi connectivity index (χ1) is 3.93. The predicted molar refractivity (Wildman–Crippen MR) is 32.8 cm³/mol. The molecule has 0 spiro atoms. The summed E-state index contributed by atoms with van der Waals surface area (Å²) < 4.78 is 4.72. The Bertz CT molecular complexity index is 150. The molecule has 1 rings (SSSR count). The minimum absolute atomic E-state index is 0.823. The Morgan fingerprint density at radius 3 is 2.12 bits per heavy atom. The fourth-order valence-corrected chi connectivity index (χ4v) is 0.625. The summed E-state index contributed by atoms with van der Waals surface area (Å²) in [5, 5.41) is 0. The lowest BCUT2D eigenvalue weighted by atomic mass is 10.3. The Kier molecular flexibility index (Phi) is 1.69. The van der Waals surface area contributed by atoms with Gasteiger partial charge >= 0.3 is 10.5 Å². The zero-order valence-corrected chi connectivity index (χ0v) is 5.29. The highest BCUT2D eigenvalue weighted by atomic mass is 28.2. The number of benzene rings is 1. The van der Waals surface area contributed by atoms with Crippen LogP contribution in [-0.4, -0.2) is 10.5 Å². The van der Waals surface area contributed by atoms with E-state index in [1.165, 1.54) is 0 Å². The van der Waals surface area contributed by atoms with Gasteiger partial charge in [-0.3, -0.25) is 0 Å². The van der Waals surface area contributed by atoms with Crippen molar-refractivity contribution < 1.29 is 4.43 Å². The Morgan fingerprint density at radius 1 is 1.12 bits per heavy atom. The van der Waals surface area contributed by atoms with Gasteiger partial charge in [0, 0.05) is 0 Å². The molecule has 0 N–H and O–H groups in total. The van der Waals surface area contributed by atoms with Crippen LogP contribution in [0.3, 0.4) is 0 Å². The number of rotatable bonds is 1. The van der Waals surface area contributed by atoms with Gasteiger partial charge in [-0.2, -0.15) is 0 Å². The van der Waals surface area contributed by atoms with Crippen LogP contribution < -0.4 is 4.43 Å². The molecule has 0 heterocycles. The Hall–Kier alpha value is -0.763. The first-order valence-electron chi connectivity index (χ1n) is 2.32. The van der Waals surface area contributed by atoms with Gasteiger partial charge in [-0.15, -0.1) is 0 Å². The quantitative estimate of drug-likeness (QED) is 0.506. The first kappa shape index (κ1) is 5.38. The van der Waals surface area contributed by atoms with E-state index in [1.54, 1.807) is 0 Å². The SMILES string of the molecule is [Si]Oc1ccccc1. The lowest BCUT2D eigenvalue weighted by molar-refractivity contribution is 0.616. The van der Waals surface area contributed by atoms with Crippen molar-refractivity contribution >= 4 is 10.5 Å². The van der Waals surface area contributed by atoms with Gasteiger partial charge in [-0.05, 0) is 12.1 Å². The van der Waals surface area contributed by atoms with E-state index in [9.17, 15) is 0 Å². The topological polar surface area (TPSA) is 9.23 Å². The number of hydrogen-bond acceptors (Lipinski definition) is 1. The summed E-state index contributed by atoms with van der Waals surface area (Å²) in [5.74, 6) is 0.823. The lowest BCUT2D eigenvalue weighted by Crippen LogP contribution is -1.81. The van der Waals surface area contributed by atoms with E-state index in [2.05, 4.69) is 10.5 Å². The lowest BCUT2D eigenvalue weighted by Gasteiger charge is -1.93. The molecule has 8 heavy (non-hydrogen) atoms. The van der Waals surface area contributed by atoms with Crippen LogP contribution in [-0.2, 0) is 0 Å². The average molecular weight is 121 g/mol. The first-order valence-corrected chi connectivity index (χ1v) is 2.73. The van der Waals surface area contributed by atoms with Gasteiger partial charge in [0.1, 0.15) is 5.75 Å². The molecule has 0 aliphatic heterocycles. The summed E-state index contributed by atoms with van der Waals surface area (Å²) in [4.78, 5) is 0. The van der Waals surface area contributed by atoms with Crippen LogP contribution in [0.25, 0.3) is 0 Å². The smallest absolute Gasteiger partial charge is 0.341 e. The van der Waals surface area contributed by atoms with Gasteiger partial charge in [0.05, 0.1) is 0 Å². The second kappa shape index (κ2) is 2.52. The van der Waals surface area contributed by atoms with Crippen molar-refractivity contribution in [2.45, 2.75) is 0 Å². The van der Waals surface area contributed by atoms with Gasteiger partial charge in [0.25, 0.3) is 0 Å². The van der Waals surface area contributed by atoms with Gasteiger partial charge in [-0.25, -0.2) is 0 Å². The summed E-state index contributed by atoms with van der Waals surface area (Å²) in [5.41, 5.74) is 0. The molecule has 0 unspecified atom stereocenters. The number of para-hydroxylation sites is 1. The Balaban J connectivity index is 2.83. The van der Waals surface area contributed by atoms with Crippen LogP contribution in [0, 0.1) is 0 Å². The van der Waals surface area contributed by atoms with E-state index in [4.69, 9.17) is 4.43 Å². The molecule has 0 bridgehead atoms. The zero-order chi connectivity index (χ0) is 5.82. The van der Waals surface area contributed by atoms with E-state index in [0.29, 0.717) is 0 Å². The highest BCUT2D eigenvalue weighted by molar-refractivity contribution is 5.99.